The van der Waals surface area contributed by atoms with Crippen LogP contribution in [0.1, 0.15) is 37.3 Å². The zero-order valence-corrected chi connectivity index (χ0v) is 10.7. The summed E-state index contributed by atoms with van der Waals surface area (Å²) in [5.74, 6) is 2.28. The average molecular weight is 238 g/mol. The van der Waals surface area contributed by atoms with E-state index in [0.29, 0.717) is 5.92 Å². The van der Waals surface area contributed by atoms with E-state index >= 15 is 0 Å². The number of hydrogen-bond acceptors (Lipinski definition) is 4. The first-order chi connectivity index (χ1) is 8.18. The molecule has 2 unspecified atom stereocenters. The van der Waals surface area contributed by atoms with E-state index in [-0.39, 0.29) is 6.10 Å². The molecule has 1 fully saturated rings. The lowest BCUT2D eigenvalue weighted by atomic mass is 9.86. The van der Waals surface area contributed by atoms with Gasteiger partial charge >= 0.3 is 0 Å². The zero-order valence-electron chi connectivity index (χ0n) is 10.7. The van der Waals surface area contributed by atoms with Crippen molar-refractivity contribution >= 4 is 0 Å². The number of aliphatic hydroxyl groups excluding tert-OH is 1. The third-order valence-corrected chi connectivity index (χ3v) is 3.74. The minimum atomic E-state index is -0.127. The quantitative estimate of drug-likeness (QED) is 0.813. The fourth-order valence-electron chi connectivity index (χ4n) is 2.40. The molecule has 0 amide bonds. The van der Waals surface area contributed by atoms with E-state index in [1.54, 1.807) is 0 Å². The van der Waals surface area contributed by atoms with Crippen LogP contribution in [-0.2, 0) is 13.6 Å². The highest BCUT2D eigenvalue weighted by Crippen LogP contribution is 2.23. The molecule has 0 aliphatic heterocycles. The van der Waals surface area contributed by atoms with Crippen molar-refractivity contribution in [1.29, 1.82) is 0 Å². The summed E-state index contributed by atoms with van der Waals surface area (Å²) in [5, 5.41) is 21.3. The number of aliphatic hydroxyl groups is 1. The fraction of sp³-hybridized carbons (Fsp3) is 0.833. The maximum atomic E-state index is 9.85. The summed E-state index contributed by atoms with van der Waals surface area (Å²) in [4.78, 5) is 0. The van der Waals surface area contributed by atoms with E-state index in [1.807, 2.05) is 18.5 Å². The minimum absolute atomic E-state index is 0.127. The highest BCUT2D eigenvalue weighted by molar-refractivity contribution is 4.92. The van der Waals surface area contributed by atoms with Gasteiger partial charge < -0.3 is 15.0 Å². The Labute approximate surface area is 102 Å². The van der Waals surface area contributed by atoms with Crippen LogP contribution in [0.2, 0.25) is 0 Å². The first kappa shape index (κ1) is 12.5. The summed E-state index contributed by atoms with van der Waals surface area (Å²) in [7, 11) is 1.97. The standard InChI is InChI=1S/C12H22N4O/c1-9-14-15-12(16(9)2)8-13-7-10-5-3-4-6-11(10)17/h10-11,13,17H,3-8H2,1-2H3. The number of hydrogen-bond donors (Lipinski definition) is 2. The van der Waals surface area contributed by atoms with Gasteiger partial charge in [0.05, 0.1) is 12.6 Å². The van der Waals surface area contributed by atoms with Crippen molar-refractivity contribution < 1.29 is 5.11 Å². The van der Waals surface area contributed by atoms with Crippen molar-refractivity contribution in [3.8, 4) is 0 Å². The Morgan fingerprint density at radius 2 is 2.12 bits per heavy atom. The van der Waals surface area contributed by atoms with Gasteiger partial charge in [-0.25, -0.2) is 0 Å². The van der Waals surface area contributed by atoms with Crippen LogP contribution in [0.25, 0.3) is 0 Å². The SMILES string of the molecule is Cc1nnc(CNCC2CCCCC2O)n1C. The molecule has 1 aliphatic rings. The smallest absolute Gasteiger partial charge is 0.146 e. The Bertz CT molecular complexity index is 363. The van der Waals surface area contributed by atoms with Gasteiger partial charge in [-0.3, -0.25) is 0 Å². The lowest BCUT2D eigenvalue weighted by Crippen LogP contribution is -2.34. The number of nitrogens with one attached hydrogen (secondary N) is 1. The average Bonchev–Trinajstić information content (AvgIpc) is 2.63. The van der Waals surface area contributed by atoms with E-state index < -0.39 is 0 Å². The summed E-state index contributed by atoms with van der Waals surface area (Å²) in [5.41, 5.74) is 0. The van der Waals surface area contributed by atoms with Gasteiger partial charge in [0.1, 0.15) is 11.6 Å². The Kier molecular flexibility index (Phi) is 4.12. The van der Waals surface area contributed by atoms with Gasteiger partial charge in [0, 0.05) is 13.6 Å². The summed E-state index contributed by atoms with van der Waals surface area (Å²) < 4.78 is 1.99. The fourth-order valence-corrected chi connectivity index (χ4v) is 2.40. The molecule has 1 heterocycles. The summed E-state index contributed by atoms with van der Waals surface area (Å²) >= 11 is 0. The Morgan fingerprint density at radius 3 is 2.76 bits per heavy atom. The summed E-state index contributed by atoms with van der Waals surface area (Å²) in [6, 6.07) is 0. The number of rotatable bonds is 4. The lowest BCUT2D eigenvalue weighted by Gasteiger charge is -2.27. The second kappa shape index (κ2) is 5.60. The van der Waals surface area contributed by atoms with E-state index in [0.717, 1.165) is 37.6 Å². The molecule has 0 spiro atoms. The molecule has 5 heteroatoms. The molecule has 0 radical (unpaired) electrons. The Hall–Kier alpha value is -0.940. The Morgan fingerprint density at radius 1 is 1.35 bits per heavy atom. The molecule has 1 aromatic rings. The molecule has 0 bridgehead atoms. The van der Waals surface area contributed by atoms with Crippen LogP contribution < -0.4 is 5.32 Å². The molecular weight excluding hydrogens is 216 g/mol. The molecule has 2 rings (SSSR count). The molecule has 5 nitrogen and oxygen atoms in total. The van der Waals surface area contributed by atoms with Crippen LogP contribution in [0.3, 0.4) is 0 Å². The van der Waals surface area contributed by atoms with Crippen molar-refractivity contribution in [3.05, 3.63) is 11.6 Å². The molecular formula is C12H22N4O. The summed E-state index contributed by atoms with van der Waals surface area (Å²) in [6.45, 7) is 3.54. The molecule has 0 aromatic carbocycles. The van der Waals surface area contributed by atoms with Crippen LogP contribution in [0, 0.1) is 12.8 Å². The maximum absolute atomic E-state index is 9.85. The number of nitrogens with zero attached hydrogens (tertiary/aromatic N) is 3. The van der Waals surface area contributed by atoms with Crippen molar-refractivity contribution in [2.45, 2.75) is 45.3 Å². The molecule has 1 aliphatic carbocycles. The van der Waals surface area contributed by atoms with Gasteiger partial charge in [0.15, 0.2) is 0 Å². The molecule has 96 valence electrons. The highest BCUT2D eigenvalue weighted by Gasteiger charge is 2.22. The van der Waals surface area contributed by atoms with Gasteiger partial charge in [-0.05, 0) is 25.7 Å². The van der Waals surface area contributed by atoms with Crippen LogP contribution >= 0.6 is 0 Å². The third-order valence-electron chi connectivity index (χ3n) is 3.74. The number of aryl methyl sites for hydroxylation is 1. The predicted molar refractivity (Wildman–Crippen MR) is 65.4 cm³/mol. The van der Waals surface area contributed by atoms with E-state index in [4.69, 9.17) is 0 Å². The number of aromatic nitrogens is 3. The van der Waals surface area contributed by atoms with Gasteiger partial charge in [-0.1, -0.05) is 12.8 Å². The van der Waals surface area contributed by atoms with Crippen molar-refractivity contribution in [1.82, 2.24) is 20.1 Å². The molecule has 2 N–H and O–H groups in total. The second-order valence-electron chi connectivity index (χ2n) is 4.97. The van der Waals surface area contributed by atoms with Crippen LogP contribution in [0.4, 0.5) is 0 Å². The lowest BCUT2D eigenvalue weighted by molar-refractivity contribution is 0.0694. The van der Waals surface area contributed by atoms with Crippen molar-refractivity contribution in [2.24, 2.45) is 13.0 Å². The molecule has 0 saturated heterocycles. The topological polar surface area (TPSA) is 63.0 Å². The van der Waals surface area contributed by atoms with Gasteiger partial charge in [0.25, 0.3) is 0 Å². The van der Waals surface area contributed by atoms with Gasteiger partial charge in [-0.2, -0.15) is 0 Å². The minimum Gasteiger partial charge on any atom is -0.393 e. The van der Waals surface area contributed by atoms with Crippen molar-refractivity contribution in [2.75, 3.05) is 6.54 Å². The highest BCUT2D eigenvalue weighted by atomic mass is 16.3. The maximum Gasteiger partial charge on any atom is 0.146 e. The van der Waals surface area contributed by atoms with Gasteiger partial charge in [0.2, 0.25) is 0 Å². The predicted octanol–water partition coefficient (Wildman–Crippen LogP) is 0.764. The van der Waals surface area contributed by atoms with E-state index in [9.17, 15) is 5.11 Å². The monoisotopic (exact) mass is 238 g/mol. The van der Waals surface area contributed by atoms with Crippen LogP contribution in [-0.4, -0.2) is 32.5 Å². The third kappa shape index (κ3) is 3.04. The normalized spacial score (nSPS) is 25.1. The second-order valence-corrected chi connectivity index (χ2v) is 4.97. The zero-order chi connectivity index (χ0) is 12.3. The van der Waals surface area contributed by atoms with E-state index in [1.165, 1.54) is 12.8 Å². The van der Waals surface area contributed by atoms with Crippen LogP contribution in [0.5, 0.6) is 0 Å². The van der Waals surface area contributed by atoms with Gasteiger partial charge in [-0.15, -0.1) is 10.2 Å². The van der Waals surface area contributed by atoms with Crippen LogP contribution in [0.15, 0.2) is 0 Å². The van der Waals surface area contributed by atoms with E-state index in [2.05, 4.69) is 15.5 Å². The first-order valence-electron chi connectivity index (χ1n) is 6.42. The first-order valence-corrected chi connectivity index (χ1v) is 6.42. The Balaban J connectivity index is 1.77. The molecule has 1 aromatic heterocycles. The molecule has 2 atom stereocenters. The molecule has 1 saturated carbocycles. The summed E-state index contributed by atoms with van der Waals surface area (Å²) in [6.07, 6.45) is 4.37. The molecule has 17 heavy (non-hydrogen) atoms. The van der Waals surface area contributed by atoms with Crippen molar-refractivity contribution in [3.63, 3.8) is 0 Å². The largest absolute Gasteiger partial charge is 0.393 e.